The van der Waals surface area contributed by atoms with E-state index >= 15 is 0 Å². The molecule has 0 amide bonds. The van der Waals surface area contributed by atoms with Crippen LogP contribution in [0, 0.1) is 0 Å². The maximum absolute atomic E-state index is 14.4. The van der Waals surface area contributed by atoms with Crippen molar-refractivity contribution in [3.63, 3.8) is 0 Å². The van der Waals surface area contributed by atoms with Gasteiger partial charge in [0.1, 0.15) is 12.2 Å². The van der Waals surface area contributed by atoms with E-state index in [1.807, 2.05) is 0 Å². The number of esters is 2. The fourth-order valence-corrected chi connectivity index (χ4v) is 8.90. The van der Waals surface area contributed by atoms with Gasteiger partial charge in [0, 0.05) is 20.3 Å². The Bertz CT molecular complexity index is 1310. The summed E-state index contributed by atoms with van der Waals surface area (Å²) in [4.78, 5) is 22.7. The molecule has 8 nitrogen and oxygen atoms in total. The maximum atomic E-state index is 14.4. The van der Waals surface area contributed by atoms with Crippen LogP contribution in [0.2, 0.25) is 0 Å². The normalized spacial score (nSPS) is 14.3. The predicted octanol–water partition coefficient (Wildman–Crippen LogP) is 4.82. The molecule has 0 radical (unpaired) electrons. The van der Waals surface area contributed by atoms with Crippen molar-refractivity contribution in [2.45, 2.75) is 66.4 Å². The van der Waals surface area contributed by atoms with Gasteiger partial charge in [-0.15, -0.1) is 0 Å². The Kier molecular flexibility index (Phi) is 10.2. The highest BCUT2D eigenvalue weighted by atomic mass is 32.3. The standard InChI is InChI=1S/C28H34O8S2/c1-6-27(5,36-24(4)30)19-20-28(18-17-22(2)21-35-23(3)29,37(31,32)25-13-9-7-10-14-25)38(33,34)26-15-11-8-12-16-26/h6-17H,1,18-21H2,2-5H3/b22-17+. The minimum Gasteiger partial charge on any atom is -0.461 e. The third-order valence-electron chi connectivity index (χ3n) is 6.16. The number of hydrogen-bond donors (Lipinski definition) is 0. The van der Waals surface area contributed by atoms with Crippen LogP contribution in [0.25, 0.3) is 0 Å². The van der Waals surface area contributed by atoms with Gasteiger partial charge in [-0.3, -0.25) is 9.59 Å². The zero-order chi connectivity index (χ0) is 28.6. The highest BCUT2D eigenvalue weighted by Gasteiger charge is 2.56. The number of carbonyl (C=O) groups is 2. The van der Waals surface area contributed by atoms with Gasteiger partial charge in [-0.2, -0.15) is 0 Å². The van der Waals surface area contributed by atoms with Gasteiger partial charge in [0.25, 0.3) is 0 Å². The first kappa shape index (κ1) is 31.0. The Morgan fingerprint density at radius 2 is 1.29 bits per heavy atom. The zero-order valence-corrected chi connectivity index (χ0v) is 23.7. The van der Waals surface area contributed by atoms with Crippen molar-refractivity contribution in [1.29, 1.82) is 0 Å². The molecular formula is C28H34O8S2. The highest BCUT2D eigenvalue weighted by molar-refractivity contribution is 8.10. The first-order valence-electron chi connectivity index (χ1n) is 11.9. The van der Waals surface area contributed by atoms with E-state index < -0.39 is 54.1 Å². The molecule has 0 aliphatic carbocycles. The van der Waals surface area contributed by atoms with Gasteiger partial charge in [0.15, 0.2) is 23.8 Å². The van der Waals surface area contributed by atoms with Crippen molar-refractivity contribution in [2.24, 2.45) is 0 Å². The summed E-state index contributed by atoms with van der Waals surface area (Å²) in [5.74, 6) is -1.15. The third kappa shape index (κ3) is 6.99. The highest BCUT2D eigenvalue weighted by Crippen LogP contribution is 2.44. The monoisotopic (exact) mass is 562 g/mol. The lowest BCUT2D eigenvalue weighted by Gasteiger charge is -2.35. The van der Waals surface area contributed by atoms with Gasteiger partial charge in [-0.1, -0.05) is 49.1 Å². The molecule has 0 saturated heterocycles. The van der Waals surface area contributed by atoms with Gasteiger partial charge in [0.05, 0.1) is 9.79 Å². The first-order chi connectivity index (χ1) is 17.7. The van der Waals surface area contributed by atoms with E-state index in [4.69, 9.17) is 9.47 Å². The maximum Gasteiger partial charge on any atom is 0.303 e. The predicted molar refractivity (Wildman–Crippen MR) is 145 cm³/mol. The summed E-state index contributed by atoms with van der Waals surface area (Å²) in [7, 11) is -9.14. The molecular weight excluding hydrogens is 528 g/mol. The second-order valence-electron chi connectivity index (χ2n) is 9.19. The number of hydrogen-bond acceptors (Lipinski definition) is 8. The van der Waals surface area contributed by atoms with Crippen LogP contribution < -0.4 is 0 Å². The number of sulfone groups is 2. The molecule has 0 bridgehead atoms. The van der Waals surface area contributed by atoms with Crippen molar-refractivity contribution in [3.8, 4) is 0 Å². The van der Waals surface area contributed by atoms with Crippen LogP contribution in [0.15, 0.2) is 94.8 Å². The van der Waals surface area contributed by atoms with Gasteiger partial charge >= 0.3 is 11.9 Å². The lowest BCUT2D eigenvalue weighted by Crippen LogP contribution is -2.48. The molecule has 0 spiro atoms. The second kappa shape index (κ2) is 12.5. The Morgan fingerprint density at radius 1 is 0.816 bits per heavy atom. The third-order valence-corrected chi connectivity index (χ3v) is 12.0. The lowest BCUT2D eigenvalue weighted by atomic mass is 9.97. The van der Waals surface area contributed by atoms with Gasteiger partial charge in [-0.25, -0.2) is 16.8 Å². The summed E-state index contributed by atoms with van der Waals surface area (Å²) in [6, 6.07) is 14.7. The molecule has 2 aromatic carbocycles. The van der Waals surface area contributed by atoms with Crippen LogP contribution in [0.3, 0.4) is 0 Å². The van der Waals surface area contributed by atoms with E-state index in [9.17, 15) is 26.4 Å². The van der Waals surface area contributed by atoms with E-state index in [0.29, 0.717) is 5.57 Å². The van der Waals surface area contributed by atoms with E-state index in [1.54, 1.807) is 19.1 Å². The summed E-state index contributed by atoms with van der Waals surface area (Å²) in [5.41, 5.74) is -0.853. The van der Waals surface area contributed by atoms with Crippen molar-refractivity contribution < 1.29 is 35.9 Å². The summed E-state index contributed by atoms with van der Waals surface area (Å²) in [6.45, 7) is 9.18. The van der Waals surface area contributed by atoms with Crippen LogP contribution >= 0.6 is 0 Å². The smallest absolute Gasteiger partial charge is 0.303 e. The van der Waals surface area contributed by atoms with E-state index in [0.717, 1.165) is 0 Å². The van der Waals surface area contributed by atoms with E-state index in [1.165, 1.54) is 81.5 Å². The molecule has 0 saturated carbocycles. The van der Waals surface area contributed by atoms with Gasteiger partial charge in [-0.05, 0) is 62.6 Å². The molecule has 1 unspecified atom stereocenters. The SMILES string of the molecule is C=CC(C)(CCC(C/C=C(\C)COC(C)=O)(S(=O)(=O)c1ccccc1)S(=O)(=O)c1ccccc1)OC(C)=O. The lowest BCUT2D eigenvalue weighted by molar-refractivity contribution is -0.151. The van der Waals surface area contributed by atoms with Crippen molar-refractivity contribution in [3.05, 3.63) is 85.0 Å². The van der Waals surface area contributed by atoms with Crippen LogP contribution in [-0.4, -0.2) is 45.1 Å². The molecule has 0 N–H and O–H groups in total. The minimum absolute atomic E-state index is 0.125. The van der Waals surface area contributed by atoms with Gasteiger partial charge < -0.3 is 9.47 Å². The van der Waals surface area contributed by atoms with Gasteiger partial charge in [0.2, 0.25) is 0 Å². The number of rotatable bonds is 13. The Labute approximate surface area is 225 Å². The van der Waals surface area contributed by atoms with E-state index in [2.05, 4.69) is 6.58 Å². The molecule has 38 heavy (non-hydrogen) atoms. The van der Waals surface area contributed by atoms with Crippen LogP contribution in [0.5, 0.6) is 0 Å². The Hall–Kier alpha value is -3.24. The molecule has 0 heterocycles. The van der Waals surface area contributed by atoms with Crippen molar-refractivity contribution >= 4 is 31.6 Å². The number of ether oxygens (including phenoxy) is 2. The second-order valence-corrected chi connectivity index (χ2v) is 14.0. The fraction of sp³-hybridized carbons (Fsp3) is 0.357. The average molecular weight is 563 g/mol. The number of benzene rings is 2. The van der Waals surface area contributed by atoms with Crippen LogP contribution in [0.4, 0.5) is 0 Å². The largest absolute Gasteiger partial charge is 0.461 e. The Morgan fingerprint density at radius 3 is 1.68 bits per heavy atom. The molecule has 0 aliphatic heterocycles. The van der Waals surface area contributed by atoms with E-state index in [-0.39, 0.29) is 22.8 Å². The number of allylic oxidation sites excluding steroid dienone is 1. The molecule has 1 atom stereocenters. The zero-order valence-electron chi connectivity index (χ0n) is 22.0. The minimum atomic E-state index is -4.57. The first-order valence-corrected chi connectivity index (χ1v) is 14.9. The molecule has 2 aromatic rings. The van der Waals surface area contributed by atoms with Crippen molar-refractivity contribution in [1.82, 2.24) is 0 Å². The molecule has 0 fully saturated rings. The quantitative estimate of drug-likeness (QED) is 0.252. The average Bonchev–Trinajstić information content (AvgIpc) is 2.88. The molecule has 206 valence electrons. The summed E-state index contributed by atoms with van der Waals surface area (Å²) >= 11 is 0. The topological polar surface area (TPSA) is 121 Å². The fourth-order valence-electron chi connectivity index (χ4n) is 3.93. The number of carbonyl (C=O) groups excluding carboxylic acids is 2. The summed E-state index contributed by atoms with van der Waals surface area (Å²) < 4.78 is 65.4. The molecule has 0 aliphatic rings. The molecule has 10 heteroatoms. The molecule has 0 aromatic heterocycles. The Balaban J connectivity index is 2.84. The van der Waals surface area contributed by atoms with Crippen LogP contribution in [-0.2, 0) is 38.7 Å². The van der Waals surface area contributed by atoms with Crippen LogP contribution in [0.1, 0.15) is 47.0 Å². The summed E-state index contributed by atoms with van der Waals surface area (Å²) in [5, 5.41) is 0. The molecule has 2 rings (SSSR count). The summed E-state index contributed by atoms with van der Waals surface area (Å²) in [6.07, 6.45) is 1.80. The van der Waals surface area contributed by atoms with Crippen molar-refractivity contribution in [2.75, 3.05) is 6.61 Å².